The van der Waals surface area contributed by atoms with E-state index in [1.807, 2.05) is 42.8 Å². The molecule has 0 saturated carbocycles. The lowest BCUT2D eigenvalue weighted by atomic mass is 10.1. The average molecular weight is 406 g/mol. The van der Waals surface area contributed by atoms with E-state index in [0.29, 0.717) is 0 Å². The van der Waals surface area contributed by atoms with Crippen LogP contribution < -0.4 is 4.90 Å². The number of anilines is 2. The van der Waals surface area contributed by atoms with Crippen molar-refractivity contribution in [3.63, 3.8) is 0 Å². The second-order valence-electron chi connectivity index (χ2n) is 7.32. The largest absolute Gasteiger partial charge is 0.339 e. The molecule has 4 aromatic rings. The summed E-state index contributed by atoms with van der Waals surface area (Å²) in [5.74, 6) is 2.86. The third-order valence-corrected chi connectivity index (χ3v) is 5.59. The summed E-state index contributed by atoms with van der Waals surface area (Å²) in [6.07, 6.45) is 1.57. The lowest BCUT2D eigenvalue weighted by Gasteiger charge is -2.27. The van der Waals surface area contributed by atoms with E-state index in [4.69, 9.17) is 11.6 Å². The Hall–Kier alpha value is -3.19. The van der Waals surface area contributed by atoms with Gasteiger partial charge in [0, 0.05) is 23.2 Å². The summed E-state index contributed by atoms with van der Waals surface area (Å²) in [5.41, 5.74) is 4.14. The molecule has 1 atom stereocenters. The average Bonchev–Trinajstić information content (AvgIpc) is 3.29. The first-order valence-corrected chi connectivity index (χ1v) is 9.87. The van der Waals surface area contributed by atoms with Crippen molar-refractivity contribution in [1.29, 1.82) is 0 Å². The Kier molecular flexibility index (Phi) is 4.13. The Bertz CT molecular complexity index is 1190. The van der Waals surface area contributed by atoms with Crippen LogP contribution in [0.3, 0.4) is 0 Å². The van der Waals surface area contributed by atoms with Crippen molar-refractivity contribution in [3.8, 4) is 11.4 Å². The minimum Gasteiger partial charge on any atom is -0.339 e. The zero-order valence-electron chi connectivity index (χ0n) is 16.4. The third kappa shape index (κ3) is 2.89. The first-order valence-electron chi connectivity index (χ1n) is 9.49. The van der Waals surface area contributed by atoms with Gasteiger partial charge in [0.25, 0.3) is 0 Å². The molecular weight excluding hydrogens is 386 g/mol. The first kappa shape index (κ1) is 17.9. The summed E-state index contributed by atoms with van der Waals surface area (Å²) < 4.78 is 3.99. The van der Waals surface area contributed by atoms with Crippen LogP contribution in [0, 0.1) is 13.8 Å². The number of aryl methyl sites for hydroxylation is 2. The highest BCUT2D eigenvalue weighted by atomic mass is 35.5. The van der Waals surface area contributed by atoms with Crippen LogP contribution in [-0.2, 0) is 0 Å². The van der Waals surface area contributed by atoms with Crippen LogP contribution in [0.4, 0.5) is 11.4 Å². The van der Waals surface area contributed by atoms with Gasteiger partial charge in [0.05, 0.1) is 17.1 Å². The number of aromatic nitrogens is 6. The van der Waals surface area contributed by atoms with E-state index >= 15 is 0 Å². The molecule has 1 aliphatic rings. The fraction of sp³-hybridized carbons (Fsp3) is 0.238. The molecular formula is C21H20ClN7. The summed E-state index contributed by atoms with van der Waals surface area (Å²) in [6.45, 7) is 6.88. The Morgan fingerprint density at radius 2 is 1.69 bits per heavy atom. The number of hydrogen-bond donors (Lipinski definition) is 0. The van der Waals surface area contributed by atoms with Crippen LogP contribution in [0.2, 0.25) is 5.02 Å². The number of benzene rings is 2. The molecule has 29 heavy (non-hydrogen) atoms. The van der Waals surface area contributed by atoms with E-state index < -0.39 is 0 Å². The maximum absolute atomic E-state index is 6.14. The van der Waals surface area contributed by atoms with Gasteiger partial charge in [-0.15, -0.1) is 10.2 Å². The summed E-state index contributed by atoms with van der Waals surface area (Å²) in [6, 6.07) is 14.2. The van der Waals surface area contributed by atoms with Crippen LogP contribution in [0.15, 0.2) is 48.8 Å². The van der Waals surface area contributed by atoms with Crippen molar-refractivity contribution in [2.45, 2.75) is 26.7 Å². The Balaban J connectivity index is 1.76. The molecule has 0 radical (unpaired) electrons. The monoisotopic (exact) mass is 405 g/mol. The zero-order chi connectivity index (χ0) is 20.1. The summed E-state index contributed by atoms with van der Waals surface area (Å²) in [4.78, 5) is 6.57. The van der Waals surface area contributed by atoms with E-state index in [2.05, 4.69) is 54.9 Å². The molecule has 0 saturated heterocycles. The minimum atomic E-state index is 0.191. The van der Waals surface area contributed by atoms with Gasteiger partial charge in [0.2, 0.25) is 0 Å². The fourth-order valence-electron chi connectivity index (χ4n) is 3.92. The smallest absolute Gasteiger partial charge is 0.142 e. The van der Waals surface area contributed by atoms with Crippen LogP contribution in [0.25, 0.3) is 11.4 Å². The minimum absolute atomic E-state index is 0.191. The maximum Gasteiger partial charge on any atom is 0.142 e. The standard InChI is InChI=1S/C21H20ClN7/c1-13-11-27(17-6-4-16(22)5-7-17)20-10-18(29-14(2)23-12-24-29)8-9-19(20)28-15(3)25-26-21(13)28/h4-10,12-13H,11H2,1-3H3. The van der Waals surface area contributed by atoms with E-state index in [9.17, 15) is 0 Å². The molecule has 0 amide bonds. The number of nitrogens with zero attached hydrogens (tertiary/aromatic N) is 7. The Morgan fingerprint density at radius 1 is 0.931 bits per heavy atom. The van der Waals surface area contributed by atoms with Gasteiger partial charge in [-0.2, -0.15) is 5.10 Å². The van der Waals surface area contributed by atoms with Gasteiger partial charge in [-0.25, -0.2) is 9.67 Å². The second-order valence-corrected chi connectivity index (χ2v) is 7.76. The summed E-state index contributed by atoms with van der Waals surface area (Å²) >= 11 is 6.14. The fourth-order valence-corrected chi connectivity index (χ4v) is 4.04. The van der Waals surface area contributed by atoms with Crippen LogP contribution in [0.1, 0.15) is 30.3 Å². The van der Waals surface area contributed by atoms with Gasteiger partial charge < -0.3 is 4.90 Å². The molecule has 5 rings (SSSR count). The molecule has 0 N–H and O–H groups in total. The molecule has 7 nitrogen and oxygen atoms in total. The molecule has 0 aliphatic carbocycles. The normalized spacial score (nSPS) is 15.7. The van der Waals surface area contributed by atoms with Crippen molar-refractivity contribution >= 4 is 23.0 Å². The summed E-state index contributed by atoms with van der Waals surface area (Å²) in [5, 5.41) is 13.9. The van der Waals surface area contributed by atoms with E-state index in [0.717, 1.165) is 51.8 Å². The second kappa shape index (κ2) is 6.70. The number of hydrogen-bond acceptors (Lipinski definition) is 5. The highest BCUT2D eigenvalue weighted by Crippen LogP contribution is 2.39. The maximum atomic E-state index is 6.14. The number of fused-ring (bicyclic) bond motifs is 3. The number of halogens is 1. The number of rotatable bonds is 2. The molecule has 0 fully saturated rings. The van der Waals surface area contributed by atoms with Crippen molar-refractivity contribution in [3.05, 3.63) is 71.3 Å². The summed E-state index contributed by atoms with van der Waals surface area (Å²) in [7, 11) is 0. The van der Waals surface area contributed by atoms with Crippen LogP contribution in [0.5, 0.6) is 0 Å². The zero-order valence-corrected chi connectivity index (χ0v) is 17.2. The lowest BCUT2D eigenvalue weighted by molar-refractivity contribution is 0.696. The predicted molar refractivity (Wildman–Crippen MR) is 113 cm³/mol. The highest BCUT2D eigenvalue weighted by Gasteiger charge is 2.28. The van der Waals surface area contributed by atoms with E-state index in [1.54, 1.807) is 6.33 Å². The van der Waals surface area contributed by atoms with Crippen molar-refractivity contribution < 1.29 is 0 Å². The highest BCUT2D eigenvalue weighted by molar-refractivity contribution is 6.30. The van der Waals surface area contributed by atoms with Crippen LogP contribution in [-0.4, -0.2) is 36.1 Å². The van der Waals surface area contributed by atoms with E-state index in [1.165, 1.54) is 0 Å². The first-order chi connectivity index (χ1) is 14.0. The molecule has 0 bridgehead atoms. The van der Waals surface area contributed by atoms with Gasteiger partial charge in [0.15, 0.2) is 0 Å². The van der Waals surface area contributed by atoms with E-state index in [-0.39, 0.29) is 5.92 Å². The Labute approximate surface area is 173 Å². The van der Waals surface area contributed by atoms with Gasteiger partial charge in [-0.05, 0) is 56.3 Å². The SMILES string of the molecule is Cc1ncnn1-c1ccc2c(c1)N(c1ccc(Cl)cc1)CC(C)c1nnc(C)n1-2. The predicted octanol–water partition coefficient (Wildman–Crippen LogP) is 4.37. The lowest BCUT2D eigenvalue weighted by Crippen LogP contribution is -2.22. The van der Waals surface area contributed by atoms with Gasteiger partial charge in [-0.3, -0.25) is 4.57 Å². The molecule has 0 spiro atoms. The molecule has 2 aromatic heterocycles. The van der Waals surface area contributed by atoms with Crippen molar-refractivity contribution in [2.24, 2.45) is 0 Å². The Morgan fingerprint density at radius 3 is 2.41 bits per heavy atom. The molecule has 3 heterocycles. The molecule has 8 heteroatoms. The topological polar surface area (TPSA) is 64.7 Å². The quantitative estimate of drug-likeness (QED) is 0.495. The molecule has 1 aliphatic heterocycles. The molecule has 2 aromatic carbocycles. The van der Waals surface area contributed by atoms with Gasteiger partial charge in [0.1, 0.15) is 23.8 Å². The van der Waals surface area contributed by atoms with Gasteiger partial charge in [-0.1, -0.05) is 18.5 Å². The van der Waals surface area contributed by atoms with Crippen LogP contribution >= 0.6 is 11.6 Å². The third-order valence-electron chi connectivity index (χ3n) is 5.34. The van der Waals surface area contributed by atoms with Crippen molar-refractivity contribution in [1.82, 2.24) is 29.5 Å². The van der Waals surface area contributed by atoms with Crippen molar-refractivity contribution in [2.75, 3.05) is 11.4 Å². The molecule has 1 unspecified atom stereocenters. The molecule has 146 valence electrons. The van der Waals surface area contributed by atoms with Gasteiger partial charge >= 0.3 is 0 Å².